The summed E-state index contributed by atoms with van der Waals surface area (Å²) in [6.07, 6.45) is 6.89. The maximum absolute atomic E-state index is 14.9. The number of amides is 15. The first kappa shape index (κ1) is 124. The standard InChI is InChI=1S/C93H160N22O18S5/c1-23-56(12)74(113-80(123)63(33-29-36-99-89(97)98)104-81(124)66(38-51(2)3)102-72(117)45-100-78(121)64(34-37-134-22)105-85(128)71(111-77(120)61(95)46-116)50-138-136-48-60-44-91(16,17)115(133)93(60,20)21)88(131)109-69(41-54(8)9)84(127)108-68(40-53(6)7)83(126)107-67(39-52(4)5)82(125)103-62(32-27-28-35-94)79(122)112-73(55(10)11)87(130)101-57(13)76(119)110-70(49-137-135-47-59-43-90(14,15)114(132)92(59,18)19)86(129)106-65(75(96)118)42-58-30-25-24-26-31-58/h24-26,30-31,43-44,51-57,61-71,73-74,116H,23,27-29,32-42,45-50,94-95H2,1-22H3,(H2,96,118)(H,100,121)(H,101,130)(H,102,117)(H,103,125)(H,104,124)(H,105,128)(H,106,129)(H,107,126)(H,108,127)(H,109,131)(H,110,119)(H,111,120)(H,112,122)(H,113,123)(H4,97,98,99)/t56-,57-,61-,62-,63-,64-,65-,66-,67-,68-,69-,70-,71-,73-,74-/m0/s1. The third kappa shape index (κ3) is 42.0. The number of carbonyl (C=O) groups excluding carboxylic acids is 15. The van der Waals surface area contributed by atoms with Crippen LogP contribution in [0.15, 0.2) is 58.6 Å². The molecular weight excluding hydrogens is 1870 g/mol. The van der Waals surface area contributed by atoms with Gasteiger partial charge in [0, 0.05) is 36.0 Å². The van der Waals surface area contributed by atoms with Gasteiger partial charge in [-0.15, -0.1) is 20.5 Å². The Kier molecular flexibility index (Phi) is 53.8. The Labute approximate surface area is 835 Å². The zero-order valence-corrected chi connectivity index (χ0v) is 88.7. The maximum Gasteiger partial charge on any atom is 0.244 e. The van der Waals surface area contributed by atoms with Crippen LogP contribution in [0, 0.1) is 35.5 Å². The lowest BCUT2D eigenvalue weighted by Gasteiger charge is -2.34. The molecule has 138 heavy (non-hydrogen) atoms. The smallest absolute Gasteiger partial charge is 0.244 e. The van der Waals surface area contributed by atoms with Gasteiger partial charge in [0.15, 0.2) is 5.96 Å². The highest BCUT2D eigenvalue weighted by atomic mass is 33.1. The first-order valence-electron chi connectivity index (χ1n) is 47.4. The van der Waals surface area contributed by atoms with Crippen LogP contribution < -0.4 is 103 Å². The van der Waals surface area contributed by atoms with Crippen molar-refractivity contribution in [2.75, 3.05) is 61.3 Å². The van der Waals surface area contributed by atoms with E-state index in [9.17, 15) is 87.4 Å². The molecule has 15 amide bonds. The van der Waals surface area contributed by atoms with Crippen LogP contribution in [-0.4, -0.2) is 278 Å². The lowest BCUT2D eigenvalue weighted by atomic mass is 9.95. The molecule has 25 N–H and O–H groups in total. The Balaban J connectivity index is 1.89. The number of aliphatic hydroxyl groups excluding tert-OH is 1. The molecule has 780 valence electrons. The molecule has 0 unspecified atom stereocenters. The maximum atomic E-state index is 14.9. The molecule has 2 heterocycles. The molecule has 2 aliphatic heterocycles. The van der Waals surface area contributed by atoms with Crippen molar-refractivity contribution in [3.05, 3.63) is 59.2 Å². The molecule has 0 aromatic heterocycles. The fourth-order valence-electron chi connectivity index (χ4n) is 15.4. The minimum Gasteiger partial charge on any atom is -0.394 e. The van der Waals surface area contributed by atoms with Crippen LogP contribution in [0.1, 0.15) is 222 Å². The number of nitrogens with zero attached hydrogens (tertiary/aromatic N) is 3. The summed E-state index contributed by atoms with van der Waals surface area (Å²) >= 11 is 1.37. The fourth-order valence-corrected chi connectivity index (χ4v) is 20.8. The van der Waals surface area contributed by atoms with Crippen molar-refractivity contribution in [3.8, 4) is 0 Å². The number of hydrogen-bond acceptors (Lipinski definition) is 26. The van der Waals surface area contributed by atoms with E-state index in [0.29, 0.717) is 42.1 Å². The number of aliphatic imine (C=N–C) groups is 1. The minimum absolute atomic E-state index is 0.00367. The van der Waals surface area contributed by atoms with Crippen LogP contribution in [0.4, 0.5) is 0 Å². The van der Waals surface area contributed by atoms with Gasteiger partial charge in [0.25, 0.3) is 0 Å². The van der Waals surface area contributed by atoms with E-state index in [1.165, 1.54) is 61.9 Å². The van der Waals surface area contributed by atoms with E-state index in [0.717, 1.165) is 21.3 Å². The lowest BCUT2D eigenvalue weighted by molar-refractivity contribution is -0.238. The molecular formula is C93H160N22O18S5. The number of thioether (sulfide) groups is 1. The summed E-state index contributed by atoms with van der Waals surface area (Å²) in [5.41, 5.74) is 28.2. The molecule has 2 aliphatic rings. The number of aliphatic hydroxyl groups is 1. The molecule has 45 heteroatoms. The van der Waals surface area contributed by atoms with E-state index < -0.39 is 220 Å². The van der Waals surface area contributed by atoms with E-state index in [1.807, 2.05) is 81.4 Å². The molecule has 0 fully saturated rings. The highest BCUT2D eigenvalue weighted by Crippen LogP contribution is 2.43. The van der Waals surface area contributed by atoms with Gasteiger partial charge in [-0.3, -0.25) is 76.9 Å². The highest BCUT2D eigenvalue weighted by molar-refractivity contribution is 8.77. The third-order valence-electron chi connectivity index (χ3n) is 23.5. The summed E-state index contributed by atoms with van der Waals surface area (Å²) in [4.78, 5) is 218. The van der Waals surface area contributed by atoms with Crippen LogP contribution in [0.5, 0.6) is 0 Å². The van der Waals surface area contributed by atoms with E-state index in [2.05, 4.69) is 79.4 Å². The molecule has 0 saturated heterocycles. The van der Waals surface area contributed by atoms with Crippen molar-refractivity contribution >= 4 is 150 Å². The number of nitrogens with two attached hydrogens (primary N) is 5. The Hall–Kier alpha value is -8.51. The highest BCUT2D eigenvalue weighted by Gasteiger charge is 2.49. The normalized spacial score (nSPS) is 17.7. The Morgan fingerprint density at radius 1 is 0.435 bits per heavy atom. The first-order chi connectivity index (χ1) is 64.4. The molecule has 0 bridgehead atoms. The van der Waals surface area contributed by atoms with Crippen molar-refractivity contribution in [1.82, 2.24) is 84.6 Å². The topological polar surface area (TPSA) is 633 Å². The van der Waals surface area contributed by atoms with E-state index in [4.69, 9.17) is 28.7 Å². The summed E-state index contributed by atoms with van der Waals surface area (Å²) in [6, 6.07) is -9.55. The van der Waals surface area contributed by atoms with Crippen LogP contribution >= 0.6 is 54.9 Å². The van der Waals surface area contributed by atoms with Gasteiger partial charge in [-0.1, -0.05) is 175 Å². The van der Waals surface area contributed by atoms with Gasteiger partial charge in [-0.2, -0.15) is 11.8 Å². The number of hydrogen-bond donors (Lipinski definition) is 20. The number of carbonyl (C=O) groups is 15. The van der Waals surface area contributed by atoms with Gasteiger partial charge in [0.1, 0.15) is 84.6 Å². The van der Waals surface area contributed by atoms with Crippen molar-refractivity contribution in [2.24, 2.45) is 69.2 Å². The summed E-state index contributed by atoms with van der Waals surface area (Å²) < 4.78 is 0. The van der Waals surface area contributed by atoms with Gasteiger partial charge in [0.05, 0.1) is 35.3 Å². The van der Waals surface area contributed by atoms with Crippen LogP contribution in [-0.2, 0) is 88.8 Å². The second-order valence-electron chi connectivity index (χ2n) is 39.6. The quantitative estimate of drug-likeness (QED) is 0.0146. The zero-order chi connectivity index (χ0) is 105. The molecule has 40 nitrogen and oxygen atoms in total. The van der Waals surface area contributed by atoms with Crippen molar-refractivity contribution in [2.45, 2.75) is 329 Å². The summed E-state index contributed by atoms with van der Waals surface area (Å²) in [6.45, 7) is 35.9. The van der Waals surface area contributed by atoms with Gasteiger partial charge in [-0.25, -0.2) is 0 Å². The van der Waals surface area contributed by atoms with Crippen LogP contribution in [0.25, 0.3) is 0 Å². The summed E-state index contributed by atoms with van der Waals surface area (Å²) in [5, 5.41) is 76.0. The number of rotatable bonds is 64. The lowest BCUT2D eigenvalue weighted by Crippen LogP contribution is -2.61. The van der Waals surface area contributed by atoms with Crippen molar-refractivity contribution in [3.63, 3.8) is 0 Å². The SMILES string of the molecule is CC[C@H](C)[C@H](NC(=O)[C@H](CCCN=C(N)N)NC(=O)[C@H](CC(C)C)NC(=O)CNC(=O)[C@H](CCSC)NC(=O)[C@H](CSSCC1=CC(C)(C)N([O])C1(C)C)NC(=O)[C@@H](N)CO)C(=O)N[C@@H](CC(C)C)C(=O)N[C@@H](CC(C)C)C(=O)N[C@@H](CC(C)C)C(=O)N[C@@H](CCCCN)C(=O)N[C@H](C(=O)N[C@@H](C)C(=O)N[C@@H](CSSCC1=CC(C)(C)N([O])C1(C)C)C(=O)N[C@@H](Cc1ccccc1)C(N)=O)C(C)C. The fraction of sp³-hybridized carbons (Fsp3) is 0.720. The molecule has 15 atom stereocenters. The summed E-state index contributed by atoms with van der Waals surface area (Å²) in [5.74, 6) is -13.4. The average molecular weight is 2030 g/mol. The molecule has 1 aromatic carbocycles. The second kappa shape index (κ2) is 60.0. The molecule has 0 saturated carbocycles. The van der Waals surface area contributed by atoms with Crippen LogP contribution in [0.2, 0.25) is 0 Å². The van der Waals surface area contributed by atoms with Crippen LogP contribution in [0.3, 0.4) is 0 Å². The molecule has 0 spiro atoms. The molecule has 3 rings (SSSR count). The largest absolute Gasteiger partial charge is 0.394 e. The van der Waals surface area contributed by atoms with E-state index in [1.54, 1.807) is 106 Å². The van der Waals surface area contributed by atoms with Gasteiger partial charge < -0.3 is 108 Å². The van der Waals surface area contributed by atoms with Crippen molar-refractivity contribution in [1.29, 1.82) is 0 Å². The number of unbranched alkanes of at least 4 members (excludes halogenated alkanes) is 1. The molecule has 0 aliphatic carbocycles. The van der Waals surface area contributed by atoms with E-state index >= 15 is 0 Å². The predicted octanol–water partition coefficient (Wildman–Crippen LogP) is 2.35. The Morgan fingerprint density at radius 2 is 0.812 bits per heavy atom. The minimum atomic E-state index is -1.41. The van der Waals surface area contributed by atoms with Gasteiger partial charge in [-0.05, 0) is 197 Å². The number of nitrogens with one attached hydrogen (secondary N) is 14. The second-order valence-corrected chi connectivity index (χ2v) is 45.6. The average Bonchev–Trinajstić information content (AvgIpc) is 1.62. The summed E-state index contributed by atoms with van der Waals surface area (Å²) in [7, 11) is 5.17. The third-order valence-corrected chi connectivity index (χ3v) is 28.8. The van der Waals surface area contributed by atoms with Gasteiger partial charge in [0.2, 0.25) is 88.6 Å². The Bertz CT molecular complexity index is 4280. The van der Waals surface area contributed by atoms with E-state index in [-0.39, 0.29) is 112 Å². The number of hydroxylamine groups is 4. The Morgan fingerprint density at radius 3 is 1.20 bits per heavy atom. The first-order valence-corrected chi connectivity index (χ1v) is 53.8. The van der Waals surface area contributed by atoms with Crippen molar-refractivity contribution < 1.29 is 87.4 Å². The van der Waals surface area contributed by atoms with Gasteiger partial charge >= 0.3 is 0 Å². The number of guanidine groups is 1. The zero-order valence-electron chi connectivity index (χ0n) is 84.6. The molecule has 1 aromatic rings. The monoisotopic (exact) mass is 2030 g/mol. The molecule has 2 radical (unpaired) electrons. The number of primary amides is 1. The number of benzene rings is 1. The predicted molar refractivity (Wildman–Crippen MR) is 543 cm³/mol.